The van der Waals surface area contributed by atoms with Gasteiger partial charge in [0.25, 0.3) is 0 Å². The third kappa shape index (κ3) is 14.6. The van der Waals surface area contributed by atoms with Crippen LogP contribution >= 0.6 is 0 Å². The van der Waals surface area contributed by atoms with E-state index in [1.165, 1.54) is 6.33 Å². The molecule has 1 saturated carbocycles. The molecule has 1 atom stereocenters. The molecular weight excluding hydrogens is 938 g/mol. The second-order valence-electron chi connectivity index (χ2n) is 15.2. The highest BCUT2D eigenvalue weighted by molar-refractivity contribution is 5.90. The molecule has 5 N–H and O–H groups in total. The quantitative estimate of drug-likeness (QED) is 0.114. The Kier molecular flexibility index (Phi) is 17.2. The van der Waals surface area contributed by atoms with Crippen molar-refractivity contribution in [2.24, 2.45) is 0 Å². The number of aromatic amines is 1. The van der Waals surface area contributed by atoms with Gasteiger partial charge in [0.15, 0.2) is 0 Å². The van der Waals surface area contributed by atoms with E-state index in [1.807, 2.05) is 28.0 Å². The van der Waals surface area contributed by atoms with Crippen LogP contribution in [-0.4, -0.2) is 141 Å². The summed E-state index contributed by atoms with van der Waals surface area (Å²) in [5.74, 6) is -8.27. The molecule has 0 radical (unpaired) electrons. The molecule has 0 aromatic carbocycles. The number of alkyl halides is 12. The Morgan fingerprint density at radius 2 is 1.45 bits per heavy atom. The van der Waals surface area contributed by atoms with Crippen molar-refractivity contribution in [1.82, 2.24) is 39.5 Å². The van der Waals surface area contributed by atoms with Crippen LogP contribution in [0.4, 0.5) is 52.7 Å². The standard InChI is InChI=1S/C32H36F3N9O2.3C2HF3O2/c33-32(34,35)27-12-21(15-42-11-1-2-24(42)17-45)13-28(41-27)46-25-5-3-23(4-6-25)43-18-31(19-43,8-9-36)44-16-22(14-40-44)29-26-7-10-37-30(26)39-20-38-29;3*3-2(4,5)1(6)7/h7,10,12-14,16,20,23-25,45H,1-6,8,11,15,17-19H2,(H,37,38,39);3*(H,6,7)/t23-,24-,25+;;;/m0.../s1. The van der Waals surface area contributed by atoms with Crippen LogP contribution < -0.4 is 4.74 Å². The maximum absolute atomic E-state index is 13.7. The Bertz CT molecular complexity index is 2290. The van der Waals surface area contributed by atoms with Crippen molar-refractivity contribution in [1.29, 1.82) is 5.26 Å². The first kappa shape index (κ1) is 53.3. The van der Waals surface area contributed by atoms with Gasteiger partial charge in [-0.05, 0) is 62.8 Å². The summed E-state index contributed by atoms with van der Waals surface area (Å²) in [7, 11) is 0. The Labute approximate surface area is 369 Å². The van der Waals surface area contributed by atoms with E-state index in [0.717, 1.165) is 60.6 Å². The molecule has 3 aliphatic rings. The second kappa shape index (κ2) is 21.6. The summed E-state index contributed by atoms with van der Waals surface area (Å²) in [6.07, 6.45) is -7.85. The number of H-pyrrole nitrogens is 1. The van der Waals surface area contributed by atoms with E-state index in [1.54, 1.807) is 12.3 Å². The number of aliphatic hydroxyl groups excluding tert-OH is 1. The highest BCUT2D eigenvalue weighted by Crippen LogP contribution is 2.39. The molecule has 0 bridgehead atoms. The molecule has 368 valence electrons. The van der Waals surface area contributed by atoms with Gasteiger partial charge in [0, 0.05) is 61.1 Å². The van der Waals surface area contributed by atoms with Crippen molar-refractivity contribution in [3.05, 3.63) is 54.4 Å². The zero-order chi connectivity index (χ0) is 50.1. The number of nitriles is 1. The molecule has 6 heterocycles. The third-order valence-corrected chi connectivity index (χ3v) is 10.5. The maximum Gasteiger partial charge on any atom is 0.490 e. The largest absolute Gasteiger partial charge is 0.490 e. The highest BCUT2D eigenvalue weighted by Gasteiger charge is 2.48. The molecule has 2 aliphatic heterocycles. The summed E-state index contributed by atoms with van der Waals surface area (Å²) in [6, 6.07) is 7.23. The zero-order valence-electron chi connectivity index (χ0n) is 34.3. The van der Waals surface area contributed by atoms with Crippen LogP contribution in [0.5, 0.6) is 5.88 Å². The number of pyridine rings is 1. The molecule has 17 nitrogen and oxygen atoms in total. The maximum atomic E-state index is 13.7. The molecule has 0 spiro atoms. The first-order valence-corrected chi connectivity index (χ1v) is 19.5. The van der Waals surface area contributed by atoms with Gasteiger partial charge in [0.05, 0.1) is 31.0 Å². The van der Waals surface area contributed by atoms with Gasteiger partial charge >= 0.3 is 42.6 Å². The number of carboxylic acids is 3. The minimum Gasteiger partial charge on any atom is -0.475 e. The number of nitrogens with zero attached hydrogens (tertiary/aromatic N) is 8. The van der Waals surface area contributed by atoms with Gasteiger partial charge in [-0.3, -0.25) is 14.5 Å². The lowest BCUT2D eigenvalue weighted by Gasteiger charge is -2.53. The van der Waals surface area contributed by atoms with Crippen molar-refractivity contribution in [2.45, 2.75) is 99.9 Å². The summed E-state index contributed by atoms with van der Waals surface area (Å²) in [5.41, 5.74) is 1.49. The molecule has 4 aromatic heterocycles. The van der Waals surface area contributed by atoms with Crippen molar-refractivity contribution in [2.75, 3.05) is 26.2 Å². The normalized spacial score (nSPS) is 19.9. The van der Waals surface area contributed by atoms with E-state index in [-0.39, 0.29) is 24.6 Å². The van der Waals surface area contributed by atoms with E-state index >= 15 is 0 Å². The van der Waals surface area contributed by atoms with E-state index < -0.39 is 53.8 Å². The van der Waals surface area contributed by atoms with Crippen molar-refractivity contribution in [3.63, 3.8) is 0 Å². The van der Waals surface area contributed by atoms with Crippen LogP contribution in [0.3, 0.4) is 0 Å². The number of aliphatic carboxylic acids is 3. The lowest BCUT2D eigenvalue weighted by atomic mass is 9.82. The average Bonchev–Trinajstić information content (AvgIpc) is 4.01. The Hall–Kier alpha value is -6.28. The average molecular weight is 978 g/mol. The molecule has 3 fully saturated rings. The van der Waals surface area contributed by atoms with E-state index in [0.29, 0.717) is 50.5 Å². The lowest BCUT2D eigenvalue weighted by Crippen LogP contribution is -2.65. The lowest BCUT2D eigenvalue weighted by molar-refractivity contribution is -0.193. The van der Waals surface area contributed by atoms with Crippen molar-refractivity contribution in [3.8, 4) is 23.2 Å². The topological polar surface area (TPSA) is 244 Å². The van der Waals surface area contributed by atoms with Crippen LogP contribution in [0.1, 0.15) is 56.2 Å². The van der Waals surface area contributed by atoms with Crippen LogP contribution in [0, 0.1) is 11.3 Å². The number of ether oxygens (including phenoxy) is 1. The zero-order valence-corrected chi connectivity index (χ0v) is 34.3. The number of hydrogen-bond acceptors (Lipinski definition) is 12. The van der Waals surface area contributed by atoms with Gasteiger partial charge in [-0.1, -0.05) is 0 Å². The third-order valence-electron chi connectivity index (χ3n) is 10.5. The summed E-state index contributed by atoms with van der Waals surface area (Å²) in [4.78, 5) is 46.7. The fourth-order valence-corrected chi connectivity index (χ4v) is 7.36. The first-order valence-electron chi connectivity index (χ1n) is 19.5. The van der Waals surface area contributed by atoms with Gasteiger partial charge in [-0.15, -0.1) is 0 Å². The minimum absolute atomic E-state index is 0.0000890. The predicted molar refractivity (Wildman–Crippen MR) is 202 cm³/mol. The Morgan fingerprint density at radius 3 is 1.97 bits per heavy atom. The SMILES string of the molecule is N#CCC1(n2cc(-c3ncnc4[nH]ccc34)cn2)CN([C@H]2CC[C@@H](Oc3cc(CN4CCC[C@H]4CO)cc(C(F)(F)F)n3)CC2)C1.O=C(O)C(F)(F)F.O=C(O)C(F)(F)F.O=C(O)C(F)(F)F. The first-order chi connectivity index (χ1) is 31.1. The molecular formula is C38H39F12N9O8. The Morgan fingerprint density at radius 1 is 0.866 bits per heavy atom. The van der Waals surface area contributed by atoms with Gasteiger partial charge < -0.3 is 30.1 Å². The summed E-state index contributed by atoms with van der Waals surface area (Å²) in [5, 5.41) is 46.3. The summed E-state index contributed by atoms with van der Waals surface area (Å²) >= 11 is 0. The number of halogens is 12. The van der Waals surface area contributed by atoms with Crippen molar-refractivity contribution < 1.29 is 92.2 Å². The molecule has 2 saturated heterocycles. The number of aliphatic hydroxyl groups is 1. The summed E-state index contributed by atoms with van der Waals surface area (Å²) in [6.45, 7) is 2.41. The minimum atomic E-state index is -5.08. The molecule has 4 aromatic rings. The number of aromatic nitrogens is 6. The number of carboxylic acid groups (broad SMARTS) is 3. The van der Waals surface area contributed by atoms with E-state index in [4.69, 9.17) is 34.4 Å². The van der Waals surface area contributed by atoms with Gasteiger partial charge in [0.2, 0.25) is 5.88 Å². The van der Waals surface area contributed by atoms with Crippen molar-refractivity contribution >= 4 is 28.9 Å². The fourth-order valence-electron chi connectivity index (χ4n) is 7.36. The van der Waals surface area contributed by atoms with Gasteiger partial charge in [-0.25, -0.2) is 29.3 Å². The molecule has 67 heavy (non-hydrogen) atoms. The highest BCUT2D eigenvalue weighted by atomic mass is 19.4. The van der Waals surface area contributed by atoms with E-state index in [2.05, 4.69) is 36.0 Å². The monoisotopic (exact) mass is 977 g/mol. The number of rotatable bonds is 9. The van der Waals surface area contributed by atoms with Crippen LogP contribution in [0.25, 0.3) is 22.3 Å². The number of carbonyl (C=O) groups is 3. The number of fused-ring (bicyclic) bond motifs is 1. The fraction of sp³-hybridized carbons (Fsp3) is 0.526. The molecule has 0 amide bonds. The van der Waals surface area contributed by atoms with Gasteiger partial charge in [-0.2, -0.15) is 63.0 Å². The number of nitrogens with one attached hydrogen (secondary N) is 1. The van der Waals surface area contributed by atoms with Crippen LogP contribution in [0.15, 0.2) is 43.1 Å². The molecule has 1 aliphatic carbocycles. The number of likely N-dealkylation sites (tertiary alicyclic amines) is 2. The van der Waals surface area contributed by atoms with Crippen LogP contribution in [-0.2, 0) is 32.6 Å². The van der Waals surface area contributed by atoms with E-state index in [9.17, 15) is 63.1 Å². The summed E-state index contributed by atoms with van der Waals surface area (Å²) < 4.78 is 144. The van der Waals surface area contributed by atoms with Crippen LogP contribution in [0.2, 0.25) is 0 Å². The smallest absolute Gasteiger partial charge is 0.475 e. The Balaban J connectivity index is 0.000000389. The number of hydrogen-bond donors (Lipinski definition) is 5. The predicted octanol–water partition coefficient (Wildman–Crippen LogP) is 6.41. The van der Waals surface area contributed by atoms with Gasteiger partial charge in [0.1, 0.15) is 29.3 Å². The molecule has 7 rings (SSSR count). The second-order valence-corrected chi connectivity index (χ2v) is 15.2. The molecule has 29 heteroatoms. The molecule has 0 unspecified atom stereocenters.